The highest BCUT2D eigenvalue weighted by Crippen LogP contribution is 2.25. The van der Waals surface area contributed by atoms with E-state index in [4.69, 9.17) is 4.74 Å². The lowest BCUT2D eigenvalue weighted by Gasteiger charge is -2.06. The van der Waals surface area contributed by atoms with Crippen LogP contribution in [0.1, 0.15) is 28.7 Å². The van der Waals surface area contributed by atoms with Crippen molar-refractivity contribution in [1.29, 1.82) is 0 Å². The van der Waals surface area contributed by atoms with E-state index in [0.717, 1.165) is 5.69 Å². The van der Waals surface area contributed by atoms with E-state index in [-0.39, 0.29) is 5.97 Å². The van der Waals surface area contributed by atoms with Crippen molar-refractivity contribution in [1.82, 2.24) is 14.6 Å². The Morgan fingerprint density at radius 1 is 1.53 bits per heavy atom. The number of aromatic nitrogens is 3. The molecule has 0 unspecified atom stereocenters. The SMILES string of the molecule is CCOC(=O)c1c(C)nsc1NCc1cccnn1. The van der Waals surface area contributed by atoms with Crippen molar-refractivity contribution in [2.75, 3.05) is 11.9 Å². The van der Waals surface area contributed by atoms with Gasteiger partial charge in [0.05, 0.1) is 24.5 Å². The topological polar surface area (TPSA) is 77.0 Å². The van der Waals surface area contributed by atoms with E-state index in [2.05, 4.69) is 19.9 Å². The fourth-order valence-corrected chi connectivity index (χ4v) is 2.31. The summed E-state index contributed by atoms with van der Waals surface area (Å²) in [6.45, 7) is 4.40. The Kier molecular flexibility index (Phi) is 4.40. The van der Waals surface area contributed by atoms with Crippen molar-refractivity contribution in [3.8, 4) is 0 Å². The first-order chi connectivity index (χ1) is 9.22. The quantitative estimate of drug-likeness (QED) is 0.843. The molecule has 0 radical (unpaired) electrons. The van der Waals surface area contributed by atoms with Gasteiger partial charge in [-0.2, -0.15) is 14.6 Å². The first kappa shape index (κ1) is 13.4. The Bertz CT molecular complexity index is 556. The van der Waals surface area contributed by atoms with Crippen LogP contribution in [0, 0.1) is 6.92 Å². The monoisotopic (exact) mass is 278 g/mol. The average molecular weight is 278 g/mol. The molecule has 0 spiro atoms. The van der Waals surface area contributed by atoms with Crippen LogP contribution >= 0.6 is 11.5 Å². The standard InChI is InChI=1S/C12H14N4O2S/c1-3-18-12(17)10-8(2)16-19-11(10)13-7-9-5-4-6-14-15-9/h4-6,13H,3,7H2,1-2H3. The molecule has 6 nitrogen and oxygen atoms in total. The molecule has 19 heavy (non-hydrogen) atoms. The summed E-state index contributed by atoms with van der Waals surface area (Å²) in [6, 6.07) is 3.67. The third-order valence-corrected chi connectivity index (χ3v) is 3.30. The van der Waals surface area contributed by atoms with Crippen LogP contribution in [0.5, 0.6) is 0 Å². The Morgan fingerprint density at radius 3 is 3.05 bits per heavy atom. The molecule has 0 aliphatic rings. The minimum absolute atomic E-state index is 0.345. The number of carbonyl (C=O) groups is 1. The second-order valence-electron chi connectivity index (χ2n) is 3.76. The summed E-state index contributed by atoms with van der Waals surface area (Å²) in [5.41, 5.74) is 1.96. The molecule has 100 valence electrons. The number of rotatable bonds is 5. The largest absolute Gasteiger partial charge is 0.462 e. The molecule has 1 N–H and O–H groups in total. The molecule has 2 rings (SSSR count). The highest BCUT2D eigenvalue weighted by atomic mass is 32.1. The van der Waals surface area contributed by atoms with Crippen LogP contribution in [0.4, 0.5) is 5.00 Å². The van der Waals surface area contributed by atoms with E-state index < -0.39 is 0 Å². The maximum Gasteiger partial charge on any atom is 0.343 e. The molecule has 2 aromatic rings. The molecule has 0 aromatic carbocycles. The normalized spacial score (nSPS) is 10.2. The highest BCUT2D eigenvalue weighted by molar-refractivity contribution is 7.10. The first-order valence-corrected chi connectivity index (χ1v) is 6.63. The van der Waals surface area contributed by atoms with Gasteiger partial charge in [0, 0.05) is 6.20 Å². The van der Waals surface area contributed by atoms with Crippen molar-refractivity contribution < 1.29 is 9.53 Å². The lowest BCUT2D eigenvalue weighted by atomic mass is 10.2. The predicted octanol–water partition coefficient (Wildman–Crippen LogP) is 2.03. The third kappa shape index (κ3) is 3.25. The lowest BCUT2D eigenvalue weighted by molar-refractivity contribution is 0.0527. The summed E-state index contributed by atoms with van der Waals surface area (Å²) in [5, 5.41) is 11.6. The molecule has 7 heteroatoms. The van der Waals surface area contributed by atoms with Gasteiger partial charge in [0.2, 0.25) is 0 Å². The van der Waals surface area contributed by atoms with Gasteiger partial charge < -0.3 is 10.1 Å². The maximum atomic E-state index is 11.8. The van der Waals surface area contributed by atoms with Crippen LogP contribution in [0.2, 0.25) is 0 Å². The first-order valence-electron chi connectivity index (χ1n) is 5.86. The summed E-state index contributed by atoms with van der Waals surface area (Å²) in [7, 11) is 0. The van der Waals surface area contributed by atoms with Crippen LogP contribution in [0.25, 0.3) is 0 Å². The van der Waals surface area contributed by atoms with Gasteiger partial charge in [0.1, 0.15) is 10.6 Å². The zero-order valence-electron chi connectivity index (χ0n) is 10.7. The van der Waals surface area contributed by atoms with Crippen LogP contribution in [0.3, 0.4) is 0 Å². The third-order valence-electron chi connectivity index (χ3n) is 2.40. The van der Waals surface area contributed by atoms with Gasteiger partial charge in [-0.1, -0.05) is 0 Å². The molecule has 0 fully saturated rings. The van der Waals surface area contributed by atoms with Crippen molar-refractivity contribution in [3.05, 3.63) is 35.3 Å². The van der Waals surface area contributed by atoms with E-state index in [1.807, 2.05) is 12.1 Å². The molecule has 2 heterocycles. The summed E-state index contributed by atoms with van der Waals surface area (Å²) in [4.78, 5) is 11.8. The fraction of sp³-hybridized carbons (Fsp3) is 0.333. The minimum atomic E-state index is -0.351. The number of carbonyl (C=O) groups excluding carboxylic acids is 1. The number of nitrogens with zero attached hydrogens (tertiary/aromatic N) is 3. The molecule has 0 bridgehead atoms. The molecule has 0 amide bonds. The van der Waals surface area contributed by atoms with Gasteiger partial charge in [-0.3, -0.25) is 0 Å². The smallest absolute Gasteiger partial charge is 0.343 e. The van der Waals surface area contributed by atoms with Gasteiger partial charge >= 0.3 is 5.97 Å². The Hall–Kier alpha value is -2.02. The highest BCUT2D eigenvalue weighted by Gasteiger charge is 2.19. The number of esters is 1. The van der Waals surface area contributed by atoms with Gasteiger partial charge in [0.25, 0.3) is 0 Å². The van der Waals surface area contributed by atoms with Crippen LogP contribution < -0.4 is 5.32 Å². The van der Waals surface area contributed by atoms with Crippen molar-refractivity contribution in [2.45, 2.75) is 20.4 Å². The molecule has 0 saturated heterocycles. The minimum Gasteiger partial charge on any atom is -0.462 e. The number of hydrogen-bond donors (Lipinski definition) is 1. The van der Waals surface area contributed by atoms with Gasteiger partial charge in [-0.25, -0.2) is 4.79 Å². The summed E-state index contributed by atoms with van der Waals surface area (Å²) >= 11 is 1.24. The second kappa shape index (κ2) is 6.24. The van der Waals surface area contributed by atoms with Crippen molar-refractivity contribution >= 4 is 22.5 Å². The molecule has 0 aliphatic carbocycles. The van der Waals surface area contributed by atoms with Crippen LogP contribution in [-0.2, 0) is 11.3 Å². The fourth-order valence-electron chi connectivity index (χ4n) is 1.53. The summed E-state index contributed by atoms with van der Waals surface area (Å²) in [5.74, 6) is -0.351. The Labute approximate surface area is 115 Å². The van der Waals surface area contributed by atoms with Crippen molar-refractivity contribution in [2.24, 2.45) is 0 Å². The van der Waals surface area contributed by atoms with E-state index in [9.17, 15) is 4.79 Å². The summed E-state index contributed by atoms with van der Waals surface area (Å²) < 4.78 is 9.19. The Balaban J connectivity index is 2.11. The zero-order chi connectivity index (χ0) is 13.7. The second-order valence-corrected chi connectivity index (χ2v) is 4.53. The van der Waals surface area contributed by atoms with Crippen molar-refractivity contribution in [3.63, 3.8) is 0 Å². The van der Waals surface area contributed by atoms with E-state index in [0.29, 0.717) is 29.4 Å². The van der Waals surface area contributed by atoms with E-state index >= 15 is 0 Å². The molecule has 0 aliphatic heterocycles. The number of hydrogen-bond acceptors (Lipinski definition) is 7. The molecular formula is C12H14N4O2S. The lowest BCUT2D eigenvalue weighted by Crippen LogP contribution is -2.09. The predicted molar refractivity (Wildman–Crippen MR) is 72.2 cm³/mol. The molecule has 2 aromatic heterocycles. The maximum absolute atomic E-state index is 11.8. The molecule has 0 saturated carbocycles. The number of anilines is 1. The van der Waals surface area contributed by atoms with Gasteiger partial charge in [-0.05, 0) is 37.5 Å². The van der Waals surface area contributed by atoms with Gasteiger partial charge in [-0.15, -0.1) is 0 Å². The average Bonchev–Trinajstić information content (AvgIpc) is 2.79. The number of ether oxygens (including phenoxy) is 1. The Morgan fingerprint density at radius 2 is 2.37 bits per heavy atom. The summed E-state index contributed by atoms with van der Waals surface area (Å²) in [6.07, 6.45) is 1.62. The number of nitrogens with one attached hydrogen (secondary N) is 1. The molecular weight excluding hydrogens is 264 g/mol. The van der Waals surface area contributed by atoms with E-state index in [1.165, 1.54) is 11.5 Å². The van der Waals surface area contributed by atoms with Gasteiger partial charge in [0.15, 0.2) is 0 Å². The van der Waals surface area contributed by atoms with Crippen LogP contribution in [0.15, 0.2) is 18.3 Å². The number of aryl methyl sites for hydroxylation is 1. The van der Waals surface area contributed by atoms with Crippen LogP contribution in [-0.4, -0.2) is 27.1 Å². The van der Waals surface area contributed by atoms with E-state index in [1.54, 1.807) is 20.0 Å². The zero-order valence-corrected chi connectivity index (χ0v) is 11.5. The molecule has 0 atom stereocenters.